The predicted molar refractivity (Wildman–Crippen MR) is 158 cm³/mol. The lowest BCUT2D eigenvalue weighted by atomic mass is 9.72. The van der Waals surface area contributed by atoms with E-state index in [1.165, 1.54) is 24.1 Å². The number of anilines is 2. The van der Waals surface area contributed by atoms with E-state index in [0.29, 0.717) is 28.0 Å². The van der Waals surface area contributed by atoms with Gasteiger partial charge in [-0.1, -0.05) is 32.4 Å². The number of rotatable bonds is 5. The molecule has 8 heteroatoms. The van der Waals surface area contributed by atoms with E-state index >= 15 is 0 Å². The van der Waals surface area contributed by atoms with Crippen molar-refractivity contribution >= 4 is 67.6 Å². The highest BCUT2D eigenvalue weighted by atomic mass is 79.9. The maximum atomic E-state index is 13.6. The highest BCUT2D eigenvalue weighted by Gasteiger charge is 2.33. The Balaban J connectivity index is 1.45. The van der Waals surface area contributed by atoms with Gasteiger partial charge in [0.05, 0.1) is 16.3 Å². The molecule has 196 valence electrons. The quantitative estimate of drug-likeness (QED) is 0.297. The van der Waals surface area contributed by atoms with Gasteiger partial charge in [-0.05, 0) is 95.6 Å². The summed E-state index contributed by atoms with van der Waals surface area (Å²) in [6.45, 7) is 8.92. The van der Waals surface area contributed by atoms with E-state index in [1.54, 1.807) is 29.7 Å². The third-order valence-electron chi connectivity index (χ3n) is 7.44. The second-order valence-electron chi connectivity index (χ2n) is 11.1. The number of fused-ring (bicyclic) bond motifs is 1. The van der Waals surface area contributed by atoms with Crippen LogP contribution in [0.2, 0.25) is 5.02 Å². The Morgan fingerprint density at radius 2 is 1.95 bits per heavy atom. The average Bonchev–Trinajstić information content (AvgIpc) is 3.43. The average molecular weight is 603 g/mol. The number of halogens is 2. The lowest BCUT2D eigenvalue weighted by Gasteiger charge is -2.33. The van der Waals surface area contributed by atoms with Gasteiger partial charge in [0.1, 0.15) is 10.8 Å². The smallest absolute Gasteiger partial charge is 0.259 e. The molecule has 0 spiro atoms. The predicted octanol–water partition coefficient (Wildman–Crippen LogP) is 8.90. The summed E-state index contributed by atoms with van der Waals surface area (Å²) < 4.78 is 7.11. The molecule has 2 aromatic heterocycles. The minimum atomic E-state index is -0.129. The van der Waals surface area contributed by atoms with Crippen molar-refractivity contribution in [3.05, 3.63) is 61.6 Å². The number of piperidine rings is 1. The van der Waals surface area contributed by atoms with E-state index in [2.05, 4.69) is 46.9 Å². The molecule has 0 bridgehead atoms. The molecule has 1 aliphatic heterocycles. The SMILES string of the molecule is CC(C)(C)[C@H]1CCc2c(sc(N=Cc3cc(Br)c(N4CCCCC4)o3)c2C(=O)Nc2ccc(Cl)cc2)C1. The van der Waals surface area contributed by atoms with Crippen molar-refractivity contribution in [1.29, 1.82) is 0 Å². The summed E-state index contributed by atoms with van der Waals surface area (Å²) in [6, 6.07) is 9.16. The molecule has 3 heterocycles. The fourth-order valence-electron chi connectivity index (χ4n) is 5.24. The van der Waals surface area contributed by atoms with Crippen molar-refractivity contribution in [3.8, 4) is 0 Å². The normalized spacial score (nSPS) is 18.3. The summed E-state index contributed by atoms with van der Waals surface area (Å²) in [5.74, 6) is 1.99. The number of carbonyl (C=O) groups excluding carboxylic acids is 1. The number of thiophene rings is 1. The highest BCUT2D eigenvalue weighted by Crippen LogP contribution is 2.45. The van der Waals surface area contributed by atoms with Crippen LogP contribution in [0.5, 0.6) is 0 Å². The van der Waals surface area contributed by atoms with Gasteiger partial charge >= 0.3 is 0 Å². The number of nitrogens with zero attached hydrogens (tertiary/aromatic N) is 2. The Morgan fingerprint density at radius 3 is 2.65 bits per heavy atom. The van der Waals surface area contributed by atoms with Crippen LogP contribution in [0.15, 0.2) is 44.2 Å². The summed E-state index contributed by atoms with van der Waals surface area (Å²) >= 11 is 11.3. The van der Waals surface area contributed by atoms with Gasteiger partial charge in [0.2, 0.25) is 5.88 Å². The second kappa shape index (κ2) is 11.0. The van der Waals surface area contributed by atoms with Crippen LogP contribution >= 0.6 is 38.9 Å². The standard InChI is InChI=1S/C29H33BrClN3O2S/c1-29(2,3)18-7-12-22-24(15-18)37-27(25(22)26(35)33-20-10-8-19(31)9-11-20)32-17-21-16-23(30)28(36-21)34-13-5-4-6-14-34/h8-11,16-18H,4-7,12-15H2,1-3H3,(H,33,35)/t18-/m0/s1. The van der Waals surface area contributed by atoms with Gasteiger partial charge in [-0.2, -0.15) is 0 Å². The summed E-state index contributed by atoms with van der Waals surface area (Å²) in [4.78, 5) is 21.9. The molecule has 1 saturated heterocycles. The largest absolute Gasteiger partial charge is 0.438 e. The molecule has 5 nitrogen and oxygen atoms in total. The molecule has 37 heavy (non-hydrogen) atoms. The maximum Gasteiger partial charge on any atom is 0.259 e. The number of hydrogen-bond donors (Lipinski definition) is 1. The van der Waals surface area contributed by atoms with Crippen LogP contribution in [-0.4, -0.2) is 25.2 Å². The first-order valence-electron chi connectivity index (χ1n) is 13.0. The van der Waals surface area contributed by atoms with E-state index in [0.717, 1.165) is 53.3 Å². The van der Waals surface area contributed by atoms with Crippen molar-refractivity contribution < 1.29 is 9.21 Å². The third-order valence-corrected chi connectivity index (χ3v) is 9.42. The first-order chi connectivity index (χ1) is 17.7. The van der Waals surface area contributed by atoms with Gasteiger partial charge in [0, 0.05) is 34.7 Å². The number of aliphatic imine (C=N–C) groups is 1. The molecule has 0 unspecified atom stereocenters. The zero-order valence-electron chi connectivity index (χ0n) is 21.6. The van der Waals surface area contributed by atoms with Crippen molar-refractivity contribution in [2.45, 2.75) is 59.3 Å². The van der Waals surface area contributed by atoms with Crippen LogP contribution in [0.25, 0.3) is 0 Å². The first kappa shape index (κ1) is 26.5. The summed E-state index contributed by atoms with van der Waals surface area (Å²) in [5.41, 5.74) is 2.76. The van der Waals surface area contributed by atoms with Crippen molar-refractivity contribution in [2.75, 3.05) is 23.3 Å². The summed E-state index contributed by atoms with van der Waals surface area (Å²) in [5, 5.41) is 4.43. The molecule has 1 atom stereocenters. The van der Waals surface area contributed by atoms with Crippen LogP contribution in [0.4, 0.5) is 16.6 Å². The topological polar surface area (TPSA) is 57.8 Å². The van der Waals surface area contributed by atoms with E-state index in [-0.39, 0.29) is 11.3 Å². The number of benzene rings is 1. The number of nitrogens with one attached hydrogen (secondary N) is 1. The van der Waals surface area contributed by atoms with Gasteiger partial charge in [0.25, 0.3) is 5.91 Å². The Morgan fingerprint density at radius 1 is 1.22 bits per heavy atom. The molecular weight excluding hydrogens is 570 g/mol. The van der Waals surface area contributed by atoms with E-state index < -0.39 is 0 Å². The molecule has 3 aromatic rings. The molecule has 0 radical (unpaired) electrons. The molecule has 1 aromatic carbocycles. The van der Waals surface area contributed by atoms with Gasteiger partial charge in [0.15, 0.2) is 0 Å². The van der Waals surface area contributed by atoms with Gasteiger partial charge < -0.3 is 14.6 Å². The van der Waals surface area contributed by atoms with Crippen LogP contribution in [0, 0.1) is 11.3 Å². The van der Waals surface area contributed by atoms with Crippen LogP contribution in [-0.2, 0) is 12.8 Å². The Labute approximate surface area is 236 Å². The zero-order valence-corrected chi connectivity index (χ0v) is 24.7. The first-order valence-corrected chi connectivity index (χ1v) is 15.0. The third kappa shape index (κ3) is 5.99. The second-order valence-corrected chi connectivity index (χ2v) is 13.4. The van der Waals surface area contributed by atoms with Gasteiger partial charge in [-0.25, -0.2) is 4.99 Å². The Bertz CT molecular complexity index is 1300. The fourth-order valence-corrected chi connectivity index (χ4v) is 7.19. The van der Waals surface area contributed by atoms with Gasteiger partial charge in [-0.15, -0.1) is 11.3 Å². The van der Waals surface area contributed by atoms with Crippen LogP contribution in [0.1, 0.15) is 73.0 Å². The molecule has 2 aliphatic rings. The number of carbonyl (C=O) groups is 1. The molecule has 0 saturated carbocycles. The lowest BCUT2D eigenvalue weighted by Crippen LogP contribution is -2.29. The maximum absolute atomic E-state index is 13.6. The highest BCUT2D eigenvalue weighted by molar-refractivity contribution is 9.10. The Hall–Kier alpha value is -2.09. The molecule has 5 rings (SSSR count). The minimum Gasteiger partial charge on any atom is -0.438 e. The zero-order chi connectivity index (χ0) is 26.2. The van der Waals surface area contributed by atoms with E-state index in [1.807, 2.05) is 18.2 Å². The number of amides is 1. The van der Waals surface area contributed by atoms with E-state index in [4.69, 9.17) is 21.0 Å². The molecule has 1 aliphatic carbocycles. The summed E-state index contributed by atoms with van der Waals surface area (Å²) in [6.07, 6.45) is 8.31. The van der Waals surface area contributed by atoms with Crippen molar-refractivity contribution in [1.82, 2.24) is 0 Å². The minimum absolute atomic E-state index is 0.129. The molecular formula is C29H33BrClN3O2S. The van der Waals surface area contributed by atoms with Crippen molar-refractivity contribution in [3.63, 3.8) is 0 Å². The monoisotopic (exact) mass is 601 g/mol. The number of furan rings is 1. The van der Waals surface area contributed by atoms with Crippen molar-refractivity contribution in [2.24, 2.45) is 16.3 Å². The fraction of sp³-hybridized carbons (Fsp3) is 0.448. The van der Waals surface area contributed by atoms with E-state index in [9.17, 15) is 4.79 Å². The molecule has 1 fully saturated rings. The number of hydrogen-bond acceptors (Lipinski definition) is 5. The van der Waals surface area contributed by atoms with Gasteiger partial charge in [-0.3, -0.25) is 4.79 Å². The lowest BCUT2D eigenvalue weighted by molar-refractivity contribution is 0.102. The van der Waals surface area contributed by atoms with Crippen LogP contribution in [0.3, 0.4) is 0 Å². The molecule has 1 amide bonds. The molecule has 1 N–H and O–H groups in total. The summed E-state index contributed by atoms with van der Waals surface area (Å²) in [7, 11) is 0. The van der Waals surface area contributed by atoms with Crippen LogP contribution < -0.4 is 10.2 Å². The Kier molecular flexibility index (Phi) is 7.85.